The molecule has 23 heavy (non-hydrogen) atoms. The van der Waals surface area contributed by atoms with Gasteiger partial charge in [0.25, 0.3) is 0 Å². The van der Waals surface area contributed by atoms with E-state index in [1.165, 1.54) is 18.2 Å². The van der Waals surface area contributed by atoms with Crippen molar-refractivity contribution in [3.8, 4) is 0 Å². The SMILES string of the molecule is O=C(O)c1ccccc1NC1OC(COP(=O)(O)O)C(O)C1O. The molecule has 1 fully saturated rings. The first-order chi connectivity index (χ1) is 10.7. The molecule has 0 radical (unpaired) electrons. The number of aliphatic hydroxyl groups excluding tert-OH is 2. The molecule has 0 aromatic heterocycles. The number of phosphoric acid groups is 1. The van der Waals surface area contributed by atoms with Crippen molar-refractivity contribution in [3.05, 3.63) is 29.8 Å². The van der Waals surface area contributed by atoms with Crippen LogP contribution in [-0.4, -0.2) is 62.2 Å². The number of benzene rings is 1. The summed E-state index contributed by atoms with van der Waals surface area (Å²) in [7, 11) is -4.74. The van der Waals surface area contributed by atoms with Crippen molar-refractivity contribution in [1.82, 2.24) is 0 Å². The van der Waals surface area contributed by atoms with Crippen molar-refractivity contribution in [2.45, 2.75) is 24.5 Å². The maximum Gasteiger partial charge on any atom is 0.469 e. The van der Waals surface area contributed by atoms with Crippen molar-refractivity contribution in [2.75, 3.05) is 11.9 Å². The normalized spacial score (nSPS) is 27.8. The van der Waals surface area contributed by atoms with Gasteiger partial charge in [-0.2, -0.15) is 0 Å². The number of anilines is 1. The molecule has 10 nitrogen and oxygen atoms in total. The monoisotopic (exact) mass is 349 g/mol. The third-order valence-electron chi connectivity index (χ3n) is 3.22. The van der Waals surface area contributed by atoms with Gasteiger partial charge in [0.2, 0.25) is 0 Å². The maximum atomic E-state index is 11.1. The van der Waals surface area contributed by atoms with Gasteiger partial charge < -0.3 is 35.2 Å². The number of carboxylic acids is 1. The van der Waals surface area contributed by atoms with E-state index in [1.54, 1.807) is 6.07 Å². The highest BCUT2D eigenvalue weighted by atomic mass is 31.2. The zero-order valence-corrected chi connectivity index (χ0v) is 12.5. The highest BCUT2D eigenvalue weighted by Gasteiger charge is 2.43. The lowest BCUT2D eigenvalue weighted by Crippen LogP contribution is -2.37. The van der Waals surface area contributed by atoms with Gasteiger partial charge in [-0.05, 0) is 12.1 Å². The third kappa shape index (κ3) is 4.49. The second-order valence-corrected chi connectivity index (χ2v) is 6.10. The fourth-order valence-corrected chi connectivity index (χ4v) is 2.47. The highest BCUT2D eigenvalue weighted by Crippen LogP contribution is 2.37. The van der Waals surface area contributed by atoms with Gasteiger partial charge in [-0.3, -0.25) is 4.52 Å². The maximum absolute atomic E-state index is 11.1. The van der Waals surface area contributed by atoms with Gasteiger partial charge >= 0.3 is 13.8 Å². The van der Waals surface area contributed by atoms with Gasteiger partial charge in [-0.25, -0.2) is 9.36 Å². The minimum atomic E-state index is -4.74. The van der Waals surface area contributed by atoms with Crippen LogP contribution in [0.2, 0.25) is 0 Å². The van der Waals surface area contributed by atoms with Gasteiger partial charge in [0, 0.05) is 0 Å². The highest BCUT2D eigenvalue weighted by molar-refractivity contribution is 7.46. The summed E-state index contributed by atoms with van der Waals surface area (Å²) in [4.78, 5) is 28.4. The Morgan fingerprint density at radius 3 is 2.52 bits per heavy atom. The summed E-state index contributed by atoms with van der Waals surface area (Å²) in [5.41, 5.74) is 0.0977. The molecule has 1 aliphatic rings. The number of carboxylic acid groups (broad SMARTS) is 1. The first-order valence-electron chi connectivity index (χ1n) is 6.49. The lowest BCUT2D eigenvalue weighted by Gasteiger charge is -2.19. The number of ether oxygens (including phenoxy) is 1. The summed E-state index contributed by atoms with van der Waals surface area (Å²) in [5.74, 6) is -1.19. The molecule has 1 heterocycles. The van der Waals surface area contributed by atoms with E-state index < -0.39 is 44.9 Å². The summed E-state index contributed by atoms with van der Waals surface area (Å²) in [5, 5.41) is 31.4. The van der Waals surface area contributed by atoms with Crippen LogP contribution in [0.4, 0.5) is 5.69 Å². The van der Waals surface area contributed by atoms with Crippen molar-refractivity contribution >= 4 is 19.5 Å². The molecular weight excluding hydrogens is 333 g/mol. The molecule has 0 amide bonds. The predicted octanol–water partition coefficient (Wildman–Crippen LogP) is -0.647. The minimum absolute atomic E-state index is 0.0623. The van der Waals surface area contributed by atoms with E-state index in [0.29, 0.717) is 0 Å². The number of aliphatic hydroxyl groups is 2. The second-order valence-electron chi connectivity index (χ2n) is 4.86. The van der Waals surface area contributed by atoms with Crippen molar-refractivity contribution in [3.63, 3.8) is 0 Å². The van der Waals surface area contributed by atoms with E-state index in [1.807, 2.05) is 0 Å². The molecule has 0 saturated carbocycles. The Bertz CT molecular complexity index is 618. The molecule has 4 atom stereocenters. The van der Waals surface area contributed by atoms with Crippen molar-refractivity contribution in [2.24, 2.45) is 0 Å². The molecule has 128 valence electrons. The Morgan fingerprint density at radius 1 is 1.26 bits per heavy atom. The molecule has 2 rings (SSSR count). The number of para-hydroxylation sites is 1. The zero-order valence-electron chi connectivity index (χ0n) is 11.6. The predicted molar refractivity (Wildman–Crippen MR) is 75.7 cm³/mol. The summed E-state index contributed by atoms with van der Waals surface area (Å²) in [6.45, 7) is -0.638. The van der Waals surface area contributed by atoms with E-state index in [9.17, 15) is 19.6 Å². The molecule has 1 aromatic carbocycles. The number of rotatable bonds is 6. The molecule has 1 aliphatic heterocycles. The summed E-state index contributed by atoms with van der Waals surface area (Å²) >= 11 is 0. The Kier molecular flexibility index (Phi) is 5.37. The number of carbonyl (C=O) groups is 1. The molecular formula is C12H16NO9P. The standard InChI is InChI=1S/C12H16NO9P/c14-9-8(5-21-23(18,19)20)22-11(10(9)15)13-7-4-2-1-3-6(7)12(16)17/h1-4,8-11,13-15H,5H2,(H,16,17)(H2,18,19,20). The van der Waals surface area contributed by atoms with Crippen LogP contribution in [0.25, 0.3) is 0 Å². The average Bonchev–Trinajstić information content (AvgIpc) is 2.73. The van der Waals surface area contributed by atoms with Gasteiger partial charge in [-0.1, -0.05) is 12.1 Å². The first kappa shape index (κ1) is 17.8. The Hall–Kier alpha value is -1.52. The van der Waals surface area contributed by atoms with E-state index in [-0.39, 0.29) is 11.3 Å². The molecule has 11 heteroatoms. The van der Waals surface area contributed by atoms with Crippen LogP contribution >= 0.6 is 7.82 Å². The van der Waals surface area contributed by atoms with Crippen LogP contribution in [0, 0.1) is 0 Å². The van der Waals surface area contributed by atoms with Crippen LogP contribution in [0.5, 0.6) is 0 Å². The smallest absolute Gasteiger partial charge is 0.469 e. The zero-order chi connectivity index (χ0) is 17.2. The quantitative estimate of drug-likeness (QED) is 0.363. The fraction of sp³-hybridized carbons (Fsp3) is 0.417. The van der Waals surface area contributed by atoms with E-state index in [4.69, 9.17) is 19.6 Å². The van der Waals surface area contributed by atoms with Crippen LogP contribution in [0.1, 0.15) is 10.4 Å². The van der Waals surface area contributed by atoms with Crippen LogP contribution < -0.4 is 5.32 Å². The molecule has 0 aliphatic carbocycles. The van der Waals surface area contributed by atoms with Crippen molar-refractivity contribution in [1.29, 1.82) is 0 Å². The summed E-state index contributed by atoms with van der Waals surface area (Å²) in [6.07, 6.45) is -5.26. The Labute approximate surface area is 130 Å². The number of aromatic carboxylic acids is 1. The van der Waals surface area contributed by atoms with Gasteiger partial charge in [0.05, 0.1) is 17.9 Å². The lowest BCUT2D eigenvalue weighted by atomic mass is 10.1. The van der Waals surface area contributed by atoms with Crippen LogP contribution in [0.15, 0.2) is 24.3 Å². The molecule has 1 aromatic rings. The summed E-state index contributed by atoms with van der Waals surface area (Å²) in [6, 6.07) is 5.88. The third-order valence-corrected chi connectivity index (χ3v) is 3.71. The van der Waals surface area contributed by atoms with Crippen LogP contribution in [-0.2, 0) is 13.8 Å². The van der Waals surface area contributed by atoms with Crippen LogP contribution in [0.3, 0.4) is 0 Å². The van der Waals surface area contributed by atoms with E-state index in [0.717, 1.165) is 0 Å². The number of nitrogens with one attached hydrogen (secondary N) is 1. The van der Waals surface area contributed by atoms with E-state index >= 15 is 0 Å². The molecule has 4 unspecified atom stereocenters. The second kappa shape index (κ2) is 6.93. The topological polar surface area (TPSA) is 166 Å². The molecule has 6 N–H and O–H groups in total. The van der Waals surface area contributed by atoms with Crippen molar-refractivity contribution < 1.29 is 43.7 Å². The number of hydrogen-bond donors (Lipinski definition) is 6. The number of hydrogen-bond acceptors (Lipinski definition) is 7. The average molecular weight is 349 g/mol. The Balaban J connectivity index is 2.07. The molecule has 0 bridgehead atoms. The molecule has 1 saturated heterocycles. The molecule has 0 spiro atoms. The number of phosphoric ester groups is 1. The fourth-order valence-electron chi connectivity index (χ4n) is 2.12. The van der Waals surface area contributed by atoms with E-state index in [2.05, 4.69) is 9.84 Å². The first-order valence-corrected chi connectivity index (χ1v) is 8.02. The van der Waals surface area contributed by atoms with Gasteiger partial charge in [0.1, 0.15) is 18.3 Å². The van der Waals surface area contributed by atoms with Gasteiger partial charge in [-0.15, -0.1) is 0 Å². The minimum Gasteiger partial charge on any atom is -0.478 e. The largest absolute Gasteiger partial charge is 0.478 e. The van der Waals surface area contributed by atoms with Gasteiger partial charge in [0.15, 0.2) is 6.23 Å². The Morgan fingerprint density at radius 2 is 1.91 bits per heavy atom. The lowest BCUT2D eigenvalue weighted by molar-refractivity contribution is -0.0151. The summed E-state index contributed by atoms with van der Waals surface area (Å²) < 4.78 is 20.1.